The van der Waals surface area contributed by atoms with E-state index >= 15 is 0 Å². The van der Waals surface area contributed by atoms with Crippen LogP contribution in [0.4, 0.5) is 0 Å². The van der Waals surface area contributed by atoms with Crippen molar-refractivity contribution in [3.05, 3.63) is 10.4 Å². The van der Waals surface area contributed by atoms with E-state index < -0.39 is 17.1 Å². The Kier molecular flexibility index (Phi) is 4.87. The lowest BCUT2D eigenvalue weighted by molar-refractivity contribution is 0.0341. The highest BCUT2D eigenvalue weighted by Gasteiger charge is 2.40. The molecular weight excluding hydrogens is 385 g/mol. The van der Waals surface area contributed by atoms with Gasteiger partial charge in [0.25, 0.3) is 10.0 Å². The number of hydrogen-bond acceptors (Lipinski definition) is 6. The first-order chi connectivity index (χ1) is 11.5. The van der Waals surface area contributed by atoms with Crippen LogP contribution in [0.15, 0.2) is 10.3 Å². The largest absolute Gasteiger partial charge is 0.496 e. The highest BCUT2D eigenvalue weighted by molar-refractivity contribution is 7.92. The normalized spacial score (nSPS) is 21.7. The number of thiophene rings is 1. The van der Waals surface area contributed by atoms with E-state index in [0.717, 1.165) is 24.2 Å². The molecule has 3 N–H and O–H groups in total. The minimum absolute atomic E-state index is 0.00899. The summed E-state index contributed by atoms with van der Waals surface area (Å²) >= 11 is 6.97. The van der Waals surface area contributed by atoms with Crippen LogP contribution in [-0.4, -0.2) is 40.2 Å². The number of sulfonamides is 1. The zero-order chi connectivity index (χ0) is 18.5. The Morgan fingerprint density at radius 3 is 2.48 bits per heavy atom. The maximum absolute atomic E-state index is 12.7. The molecule has 2 heterocycles. The van der Waals surface area contributed by atoms with Crippen LogP contribution < -0.4 is 15.5 Å². The van der Waals surface area contributed by atoms with Crippen molar-refractivity contribution >= 4 is 51.5 Å². The fourth-order valence-electron chi connectivity index (χ4n) is 2.42. The fraction of sp³-hybridized carbons (Fsp3) is 0.643. The van der Waals surface area contributed by atoms with Gasteiger partial charge in [-0.25, -0.2) is 13.1 Å². The molecule has 1 saturated heterocycles. The van der Waals surface area contributed by atoms with Crippen LogP contribution in [0.1, 0.15) is 33.6 Å². The van der Waals surface area contributed by atoms with E-state index in [9.17, 15) is 8.42 Å². The zero-order valence-corrected chi connectivity index (χ0v) is 16.7. The molecule has 0 aromatic carbocycles. The molecule has 11 heteroatoms. The smallest absolute Gasteiger partial charge is 0.407 e. The molecule has 1 aromatic heterocycles. The van der Waals surface area contributed by atoms with Crippen LogP contribution in [0.5, 0.6) is 0 Å². The summed E-state index contributed by atoms with van der Waals surface area (Å²) in [7, 11) is -4.74. The van der Waals surface area contributed by atoms with Crippen molar-refractivity contribution in [2.75, 3.05) is 13.2 Å². The Morgan fingerprint density at radius 2 is 1.92 bits per heavy atom. The summed E-state index contributed by atoms with van der Waals surface area (Å²) < 4.78 is 39.4. The first kappa shape index (κ1) is 19.0. The Labute approximate surface area is 157 Å². The molecule has 1 saturated carbocycles. The first-order valence-electron chi connectivity index (χ1n) is 7.92. The van der Waals surface area contributed by atoms with Crippen molar-refractivity contribution in [3.63, 3.8) is 0 Å². The van der Waals surface area contributed by atoms with E-state index in [1.54, 1.807) is 6.07 Å². The third-order valence-corrected chi connectivity index (χ3v) is 7.29. The highest BCUT2D eigenvalue weighted by Crippen LogP contribution is 2.34. The van der Waals surface area contributed by atoms with Crippen molar-refractivity contribution in [1.82, 2.24) is 10.0 Å². The van der Waals surface area contributed by atoms with Gasteiger partial charge in [0.2, 0.25) is 5.96 Å². The maximum atomic E-state index is 12.7. The molecule has 3 rings (SSSR count). The van der Waals surface area contributed by atoms with E-state index in [1.165, 1.54) is 0 Å². The minimum atomic E-state index is -3.95. The van der Waals surface area contributed by atoms with Crippen LogP contribution in [0.25, 0.3) is 0 Å². The van der Waals surface area contributed by atoms with E-state index in [-0.39, 0.29) is 21.1 Å². The number of nitrogens with one attached hydrogen (secondary N) is 3. The van der Waals surface area contributed by atoms with E-state index in [0.29, 0.717) is 23.0 Å². The SMILES string of the molecule is CC1(C)COB(c2cc(Cl)sc2S(=O)(=O)NC(=N)NC2(C)CC2)OC1. The molecule has 138 valence electrons. The van der Waals surface area contributed by atoms with Gasteiger partial charge in [-0.05, 0) is 25.8 Å². The van der Waals surface area contributed by atoms with Gasteiger partial charge in [-0.3, -0.25) is 5.41 Å². The summed E-state index contributed by atoms with van der Waals surface area (Å²) in [4.78, 5) is 0. The predicted octanol–water partition coefficient (Wildman–Crippen LogP) is 1.52. The summed E-state index contributed by atoms with van der Waals surface area (Å²) in [6.45, 7) is 6.86. The molecule has 2 aliphatic rings. The van der Waals surface area contributed by atoms with E-state index in [4.69, 9.17) is 26.3 Å². The van der Waals surface area contributed by atoms with Gasteiger partial charge in [-0.2, -0.15) is 0 Å². The summed E-state index contributed by atoms with van der Waals surface area (Å²) in [5, 5.41) is 10.7. The average Bonchev–Trinajstić information content (AvgIpc) is 3.04. The Bertz CT molecular complexity index is 782. The molecule has 0 atom stereocenters. The third-order valence-electron chi connectivity index (χ3n) is 4.11. The van der Waals surface area contributed by atoms with Crippen LogP contribution in [0.3, 0.4) is 0 Å². The second-order valence-electron chi connectivity index (χ2n) is 7.58. The highest BCUT2D eigenvalue weighted by atomic mass is 35.5. The first-order valence-corrected chi connectivity index (χ1v) is 10.6. The Balaban J connectivity index is 1.78. The average molecular weight is 406 g/mol. The summed E-state index contributed by atoms with van der Waals surface area (Å²) in [5.41, 5.74) is 0.0409. The lowest BCUT2D eigenvalue weighted by Crippen LogP contribution is -2.50. The van der Waals surface area contributed by atoms with Crippen molar-refractivity contribution in [2.24, 2.45) is 5.41 Å². The molecule has 0 spiro atoms. The second-order valence-corrected chi connectivity index (χ2v) is 11.1. The van der Waals surface area contributed by atoms with Crippen LogP contribution in [0.2, 0.25) is 4.34 Å². The predicted molar refractivity (Wildman–Crippen MR) is 99.2 cm³/mol. The molecule has 7 nitrogen and oxygen atoms in total. The van der Waals surface area contributed by atoms with Crippen molar-refractivity contribution in [2.45, 2.75) is 43.4 Å². The minimum Gasteiger partial charge on any atom is -0.407 e. The van der Waals surface area contributed by atoms with Crippen molar-refractivity contribution in [3.8, 4) is 0 Å². The number of hydrogen-bond donors (Lipinski definition) is 3. The monoisotopic (exact) mass is 405 g/mol. The molecule has 0 radical (unpaired) electrons. The number of rotatable bonds is 4. The molecule has 1 aliphatic heterocycles. The molecular formula is C14H21BClN3O4S2. The van der Waals surface area contributed by atoms with E-state index in [2.05, 4.69) is 10.0 Å². The van der Waals surface area contributed by atoms with Gasteiger partial charge in [-0.15, -0.1) is 11.3 Å². The van der Waals surface area contributed by atoms with Crippen molar-refractivity contribution in [1.29, 1.82) is 5.41 Å². The molecule has 0 bridgehead atoms. The number of halogens is 1. The molecule has 1 aliphatic carbocycles. The Morgan fingerprint density at radius 1 is 1.32 bits per heavy atom. The molecule has 1 aromatic rings. The van der Waals surface area contributed by atoms with Gasteiger partial charge in [0.05, 0.1) is 4.34 Å². The molecule has 0 amide bonds. The summed E-state index contributed by atoms with van der Waals surface area (Å²) in [6, 6.07) is 1.54. The topological polar surface area (TPSA) is 101 Å². The van der Waals surface area contributed by atoms with E-state index in [1.807, 2.05) is 20.8 Å². The number of guanidine groups is 1. The van der Waals surface area contributed by atoms with Crippen molar-refractivity contribution < 1.29 is 17.7 Å². The van der Waals surface area contributed by atoms with Gasteiger partial charge < -0.3 is 14.6 Å². The van der Waals surface area contributed by atoms with Gasteiger partial charge in [0.1, 0.15) is 4.21 Å². The standard InChI is InChI=1S/C14H21BClN3O4S2/c1-13(2)7-22-15(23-8-13)9-6-10(16)24-11(9)25(20,21)19-12(17)18-14(3)4-5-14/h6H,4-5,7-8H2,1-3H3,(H3,17,18,19). The quantitative estimate of drug-likeness (QED) is 0.401. The van der Waals surface area contributed by atoms with Crippen LogP contribution in [0, 0.1) is 10.8 Å². The Hall–Kier alpha value is -0.805. The third kappa shape index (κ3) is 4.49. The van der Waals surface area contributed by atoms with Crippen LogP contribution >= 0.6 is 22.9 Å². The fourth-order valence-corrected chi connectivity index (χ4v) is 5.26. The van der Waals surface area contributed by atoms with Gasteiger partial charge in [0, 0.05) is 29.6 Å². The molecule has 0 unspecified atom stereocenters. The zero-order valence-electron chi connectivity index (χ0n) is 14.3. The maximum Gasteiger partial charge on any atom is 0.496 e. The van der Waals surface area contributed by atoms with Gasteiger partial charge in [0.15, 0.2) is 0 Å². The molecule has 2 fully saturated rings. The molecule has 25 heavy (non-hydrogen) atoms. The van der Waals surface area contributed by atoms with Crippen LogP contribution in [-0.2, 0) is 19.3 Å². The van der Waals surface area contributed by atoms with Gasteiger partial charge >= 0.3 is 7.12 Å². The second kappa shape index (κ2) is 6.42. The lowest BCUT2D eigenvalue weighted by Gasteiger charge is -2.33. The van der Waals surface area contributed by atoms with Gasteiger partial charge in [-0.1, -0.05) is 25.4 Å². The lowest BCUT2D eigenvalue weighted by atomic mass is 9.77. The summed E-state index contributed by atoms with van der Waals surface area (Å²) in [6.07, 6.45) is 1.82. The summed E-state index contributed by atoms with van der Waals surface area (Å²) in [5.74, 6) is -0.248.